The average Bonchev–Trinajstić information content (AvgIpc) is 2.55. The molecule has 1 saturated heterocycles. The highest BCUT2D eigenvalue weighted by atomic mass is 79.9. The Bertz CT molecular complexity index is 173. The molecule has 0 aliphatic carbocycles. The highest BCUT2D eigenvalue weighted by molar-refractivity contribution is 9.09. The van der Waals surface area contributed by atoms with Crippen LogP contribution < -0.4 is 0 Å². The molecule has 0 aromatic rings. The van der Waals surface area contributed by atoms with E-state index in [2.05, 4.69) is 46.7 Å². The Hall–Kier alpha value is 0.400. The third-order valence-corrected chi connectivity index (χ3v) is 3.98. The summed E-state index contributed by atoms with van der Waals surface area (Å²) < 4.78 is 0. The summed E-state index contributed by atoms with van der Waals surface area (Å²) in [6.45, 7) is 6.23. The number of likely N-dealkylation sites (N-methyl/N-ethyl adjacent to an activating group) is 1. The van der Waals surface area contributed by atoms with Crippen LogP contribution in [0.4, 0.5) is 0 Å². The molecule has 1 aliphatic heterocycles. The van der Waals surface area contributed by atoms with Gasteiger partial charge in [0.1, 0.15) is 0 Å². The number of hydrogen-bond donors (Lipinski definition) is 0. The molecule has 1 fully saturated rings. The van der Waals surface area contributed by atoms with Gasteiger partial charge in [-0.15, -0.1) is 0 Å². The minimum atomic E-state index is 0.765. The summed E-state index contributed by atoms with van der Waals surface area (Å²) in [7, 11) is 4.41. The number of alkyl halides is 1. The largest absolute Gasteiger partial charge is 0.305 e. The van der Waals surface area contributed by atoms with Crippen LogP contribution in [-0.2, 0) is 0 Å². The lowest BCUT2D eigenvalue weighted by molar-refractivity contribution is 0.251. The summed E-state index contributed by atoms with van der Waals surface area (Å²) >= 11 is 3.48. The normalized spacial score (nSPS) is 27.8. The number of hydrogen-bond acceptors (Lipinski definition) is 2. The average molecular weight is 277 g/mol. The highest BCUT2D eigenvalue weighted by Crippen LogP contribution is 2.20. The van der Waals surface area contributed by atoms with Crippen LogP contribution >= 0.6 is 15.9 Å². The van der Waals surface area contributed by atoms with Crippen molar-refractivity contribution in [1.82, 2.24) is 9.80 Å². The highest BCUT2D eigenvalue weighted by Gasteiger charge is 2.30. The van der Waals surface area contributed by atoms with Gasteiger partial charge in [0.25, 0.3) is 0 Å². The number of rotatable bonds is 6. The third-order valence-electron chi connectivity index (χ3n) is 3.42. The van der Waals surface area contributed by atoms with E-state index in [0.717, 1.165) is 17.3 Å². The van der Waals surface area contributed by atoms with Crippen LogP contribution in [0.1, 0.15) is 26.2 Å². The quantitative estimate of drug-likeness (QED) is 0.543. The van der Waals surface area contributed by atoms with E-state index in [1.807, 2.05) is 0 Å². The summed E-state index contributed by atoms with van der Waals surface area (Å²) in [5.74, 6) is 0.830. The van der Waals surface area contributed by atoms with Crippen LogP contribution in [0.3, 0.4) is 0 Å². The first kappa shape index (κ1) is 13.5. The molecule has 2 unspecified atom stereocenters. The lowest BCUT2D eigenvalue weighted by Crippen LogP contribution is -2.34. The Morgan fingerprint density at radius 2 is 1.93 bits per heavy atom. The molecule has 0 bridgehead atoms. The Balaban J connectivity index is 2.17. The Morgan fingerprint density at radius 3 is 2.47 bits per heavy atom. The summed E-state index contributed by atoms with van der Waals surface area (Å²) in [5.41, 5.74) is 0. The van der Waals surface area contributed by atoms with E-state index in [1.165, 1.54) is 38.9 Å². The maximum absolute atomic E-state index is 3.48. The molecule has 0 amide bonds. The molecule has 0 spiro atoms. The van der Waals surface area contributed by atoms with Crippen LogP contribution in [0.25, 0.3) is 0 Å². The number of nitrogens with zero attached hydrogens (tertiary/aromatic N) is 2. The van der Waals surface area contributed by atoms with Crippen LogP contribution in [0, 0.1) is 5.92 Å². The van der Waals surface area contributed by atoms with Gasteiger partial charge in [-0.05, 0) is 39.4 Å². The molecular weight excluding hydrogens is 252 g/mol. The Labute approximate surface area is 103 Å². The molecule has 0 radical (unpaired) electrons. The zero-order chi connectivity index (χ0) is 11.3. The van der Waals surface area contributed by atoms with Gasteiger partial charge in [0.2, 0.25) is 0 Å². The molecule has 1 heterocycles. The van der Waals surface area contributed by atoms with Crippen molar-refractivity contribution in [1.29, 1.82) is 0 Å². The maximum Gasteiger partial charge on any atom is 0.0254 e. The van der Waals surface area contributed by atoms with Crippen molar-refractivity contribution in [3.63, 3.8) is 0 Å². The maximum atomic E-state index is 3.48. The third kappa shape index (κ3) is 4.41. The molecule has 2 nitrogen and oxygen atoms in total. The molecule has 1 aliphatic rings. The van der Waals surface area contributed by atoms with Crippen LogP contribution in [-0.4, -0.2) is 54.9 Å². The van der Waals surface area contributed by atoms with Crippen molar-refractivity contribution in [2.45, 2.75) is 32.2 Å². The van der Waals surface area contributed by atoms with Crippen LogP contribution in [0.2, 0.25) is 0 Å². The Kier molecular flexibility index (Phi) is 6.17. The molecular formula is C12H25BrN2. The first-order chi connectivity index (χ1) is 7.15. The topological polar surface area (TPSA) is 6.48 Å². The van der Waals surface area contributed by atoms with Crippen LogP contribution in [0.15, 0.2) is 0 Å². The van der Waals surface area contributed by atoms with E-state index in [4.69, 9.17) is 0 Å². The van der Waals surface area contributed by atoms with Gasteiger partial charge in [-0.1, -0.05) is 29.3 Å². The van der Waals surface area contributed by atoms with Crippen molar-refractivity contribution in [3.8, 4) is 0 Å². The fraction of sp³-hybridized carbons (Fsp3) is 1.00. The van der Waals surface area contributed by atoms with Gasteiger partial charge in [-0.3, -0.25) is 0 Å². The van der Waals surface area contributed by atoms with Crippen molar-refractivity contribution in [3.05, 3.63) is 0 Å². The zero-order valence-electron chi connectivity index (χ0n) is 10.4. The first-order valence-electron chi connectivity index (χ1n) is 6.10. The molecule has 1 rings (SSSR count). The minimum Gasteiger partial charge on any atom is -0.305 e. The summed E-state index contributed by atoms with van der Waals surface area (Å²) in [6.07, 6.45) is 4.04. The van der Waals surface area contributed by atoms with Gasteiger partial charge in [0.15, 0.2) is 0 Å². The second kappa shape index (κ2) is 6.87. The van der Waals surface area contributed by atoms with E-state index < -0.39 is 0 Å². The lowest BCUT2D eigenvalue weighted by atomic mass is 10.1. The molecule has 0 aromatic carbocycles. The van der Waals surface area contributed by atoms with Crippen LogP contribution in [0.5, 0.6) is 0 Å². The molecule has 0 aromatic heterocycles. The van der Waals surface area contributed by atoms with Crippen molar-refractivity contribution >= 4 is 15.9 Å². The van der Waals surface area contributed by atoms with Crippen molar-refractivity contribution < 1.29 is 0 Å². The van der Waals surface area contributed by atoms with E-state index >= 15 is 0 Å². The van der Waals surface area contributed by atoms with Gasteiger partial charge in [0.05, 0.1) is 0 Å². The summed E-state index contributed by atoms with van der Waals surface area (Å²) in [6, 6.07) is 0.765. The second-order valence-electron chi connectivity index (χ2n) is 5.02. The van der Waals surface area contributed by atoms with E-state index in [1.54, 1.807) is 0 Å². The molecule has 0 saturated carbocycles. The fourth-order valence-corrected chi connectivity index (χ4v) is 2.91. The smallest absolute Gasteiger partial charge is 0.0254 e. The monoisotopic (exact) mass is 276 g/mol. The Morgan fingerprint density at radius 1 is 1.20 bits per heavy atom. The standard InChI is InChI=1S/C12H25BrN2/c1-11-9-15(8-6-4-5-7-13)10-12(11)14(2)3/h11-12H,4-10H2,1-3H3. The summed E-state index contributed by atoms with van der Waals surface area (Å²) in [5, 5.41) is 1.16. The van der Waals surface area contributed by atoms with Gasteiger partial charge in [0, 0.05) is 24.5 Å². The number of likely N-dealkylation sites (tertiary alicyclic amines) is 1. The van der Waals surface area contributed by atoms with Gasteiger partial charge in [-0.25, -0.2) is 0 Å². The molecule has 15 heavy (non-hydrogen) atoms. The minimum absolute atomic E-state index is 0.765. The SMILES string of the molecule is CC1CN(CCCCCBr)CC1N(C)C. The van der Waals surface area contributed by atoms with E-state index in [0.29, 0.717) is 0 Å². The number of unbranched alkanes of at least 4 members (excludes halogenated alkanes) is 2. The molecule has 0 N–H and O–H groups in total. The second-order valence-corrected chi connectivity index (χ2v) is 5.81. The van der Waals surface area contributed by atoms with E-state index in [9.17, 15) is 0 Å². The first-order valence-corrected chi connectivity index (χ1v) is 7.22. The molecule has 2 atom stereocenters. The van der Waals surface area contributed by atoms with E-state index in [-0.39, 0.29) is 0 Å². The molecule has 90 valence electrons. The lowest BCUT2D eigenvalue weighted by Gasteiger charge is -2.22. The predicted octanol–water partition coefficient (Wildman–Crippen LogP) is 2.43. The van der Waals surface area contributed by atoms with Gasteiger partial charge in [-0.2, -0.15) is 0 Å². The fourth-order valence-electron chi connectivity index (χ4n) is 2.51. The predicted molar refractivity (Wildman–Crippen MR) is 70.7 cm³/mol. The van der Waals surface area contributed by atoms with Gasteiger partial charge >= 0.3 is 0 Å². The molecule has 3 heteroatoms. The van der Waals surface area contributed by atoms with Crippen molar-refractivity contribution in [2.75, 3.05) is 39.1 Å². The zero-order valence-corrected chi connectivity index (χ0v) is 12.0. The summed E-state index contributed by atoms with van der Waals surface area (Å²) in [4.78, 5) is 5.01. The van der Waals surface area contributed by atoms with Gasteiger partial charge < -0.3 is 9.80 Å². The number of halogens is 1. The van der Waals surface area contributed by atoms with Crippen molar-refractivity contribution in [2.24, 2.45) is 5.92 Å².